The first-order chi connectivity index (χ1) is 7.65. The van der Waals surface area contributed by atoms with Crippen LogP contribution in [0, 0.1) is 5.92 Å². The summed E-state index contributed by atoms with van der Waals surface area (Å²) >= 11 is 0. The zero-order valence-corrected chi connectivity index (χ0v) is 9.47. The van der Waals surface area contributed by atoms with Gasteiger partial charge in [0, 0.05) is 19.1 Å². The van der Waals surface area contributed by atoms with Crippen LogP contribution in [-0.2, 0) is 0 Å². The molecule has 0 aromatic rings. The van der Waals surface area contributed by atoms with Crippen molar-refractivity contribution in [2.24, 2.45) is 33.1 Å². The lowest BCUT2D eigenvalue weighted by Gasteiger charge is -2.13. The Morgan fingerprint density at radius 1 is 1.19 bits per heavy atom. The van der Waals surface area contributed by atoms with E-state index in [0.29, 0.717) is 5.92 Å². The van der Waals surface area contributed by atoms with Crippen molar-refractivity contribution in [2.75, 3.05) is 19.6 Å². The van der Waals surface area contributed by atoms with Crippen LogP contribution in [-0.4, -0.2) is 42.5 Å². The second-order valence-electron chi connectivity index (χ2n) is 4.62. The molecule has 1 saturated carbocycles. The molecule has 2 fully saturated rings. The molecule has 0 aromatic carbocycles. The van der Waals surface area contributed by atoms with Gasteiger partial charge in [-0.3, -0.25) is 4.99 Å². The van der Waals surface area contributed by atoms with Gasteiger partial charge < -0.3 is 22.1 Å². The Morgan fingerprint density at radius 3 is 2.56 bits per heavy atom. The lowest BCUT2D eigenvalue weighted by molar-refractivity contribution is 0.315. The number of likely N-dealkylation sites (tertiary alicyclic amines) is 1. The first-order valence-corrected chi connectivity index (χ1v) is 5.78. The molecule has 16 heavy (non-hydrogen) atoms. The lowest BCUT2D eigenvalue weighted by Crippen LogP contribution is -2.27. The predicted octanol–water partition coefficient (Wildman–Crippen LogP) is -0.941. The third-order valence-corrected chi connectivity index (χ3v) is 3.14. The molecule has 0 aromatic heterocycles. The van der Waals surface area contributed by atoms with Crippen LogP contribution in [0.3, 0.4) is 0 Å². The average Bonchev–Trinajstić information content (AvgIpc) is 2.94. The minimum Gasteiger partial charge on any atom is -0.370 e. The van der Waals surface area contributed by atoms with Crippen molar-refractivity contribution in [3.05, 3.63) is 0 Å². The van der Waals surface area contributed by atoms with E-state index in [4.69, 9.17) is 17.2 Å². The van der Waals surface area contributed by atoms with Crippen molar-refractivity contribution >= 4 is 11.9 Å². The fourth-order valence-corrected chi connectivity index (χ4v) is 2.17. The fourth-order valence-electron chi connectivity index (χ4n) is 2.17. The molecule has 1 aliphatic heterocycles. The van der Waals surface area contributed by atoms with Gasteiger partial charge in [-0.15, -0.1) is 0 Å². The zero-order valence-electron chi connectivity index (χ0n) is 9.47. The van der Waals surface area contributed by atoms with Crippen molar-refractivity contribution in [1.29, 1.82) is 0 Å². The lowest BCUT2D eigenvalue weighted by atomic mass is 10.1. The predicted molar refractivity (Wildman–Crippen MR) is 65.0 cm³/mol. The molecular formula is C10H20N6. The molecule has 1 unspecified atom stereocenters. The molecule has 2 aliphatic rings. The van der Waals surface area contributed by atoms with Gasteiger partial charge in [0.2, 0.25) is 5.96 Å². The van der Waals surface area contributed by atoms with Crippen molar-refractivity contribution < 1.29 is 0 Å². The van der Waals surface area contributed by atoms with E-state index in [9.17, 15) is 0 Å². The molecule has 0 amide bonds. The Balaban J connectivity index is 1.76. The van der Waals surface area contributed by atoms with Gasteiger partial charge in [-0.1, -0.05) is 0 Å². The largest absolute Gasteiger partial charge is 0.370 e. The van der Waals surface area contributed by atoms with Crippen molar-refractivity contribution in [2.45, 2.75) is 25.3 Å². The average molecular weight is 224 g/mol. The van der Waals surface area contributed by atoms with E-state index in [1.54, 1.807) is 0 Å². The smallest absolute Gasteiger partial charge is 0.218 e. The maximum absolute atomic E-state index is 5.55. The Labute approximate surface area is 95.6 Å². The number of rotatable bonds is 3. The van der Waals surface area contributed by atoms with E-state index in [0.717, 1.165) is 19.1 Å². The highest BCUT2D eigenvalue weighted by molar-refractivity contribution is 5.92. The van der Waals surface area contributed by atoms with Gasteiger partial charge in [0.15, 0.2) is 5.96 Å². The highest BCUT2D eigenvalue weighted by atomic mass is 15.2. The minimum absolute atomic E-state index is 0.0349. The molecule has 2 rings (SSSR count). The standard InChI is InChI=1S/C10H20N6/c11-9(12)15-10(13)14-5-7-3-4-16(6-7)8-1-2-8/h7-8H,1-6H2,(H6,11,12,13,14,15). The summed E-state index contributed by atoms with van der Waals surface area (Å²) in [6.07, 6.45) is 3.94. The molecule has 1 saturated heterocycles. The summed E-state index contributed by atoms with van der Waals surface area (Å²) in [5.74, 6) is 0.755. The molecule has 1 aliphatic carbocycles. The van der Waals surface area contributed by atoms with Crippen LogP contribution >= 0.6 is 0 Å². The van der Waals surface area contributed by atoms with Crippen LogP contribution in [0.4, 0.5) is 0 Å². The van der Waals surface area contributed by atoms with Crippen LogP contribution in [0.1, 0.15) is 19.3 Å². The van der Waals surface area contributed by atoms with Crippen molar-refractivity contribution in [1.82, 2.24) is 4.90 Å². The van der Waals surface area contributed by atoms with E-state index in [-0.39, 0.29) is 11.9 Å². The van der Waals surface area contributed by atoms with Gasteiger partial charge in [-0.2, -0.15) is 4.99 Å². The third-order valence-electron chi connectivity index (χ3n) is 3.14. The van der Waals surface area contributed by atoms with Crippen LogP contribution in [0.5, 0.6) is 0 Å². The second kappa shape index (κ2) is 4.69. The van der Waals surface area contributed by atoms with Gasteiger partial charge >= 0.3 is 0 Å². The first kappa shape index (κ1) is 11.2. The summed E-state index contributed by atoms with van der Waals surface area (Å²) in [6.45, 7) is 3.07. The molecule has 6 heteroatoms. The Morgan fingerprint density at radius 2 is 1.94 bits per heavy atom. The molecule has 6 N–H and O–H groups in total. The summed E-state index contributed by atoms with van der Waals surface area (Å²) in [4.78, 5) is 10.4. The quantitative estimate of drug-likeness (QED) is 0.425. The van der Waals surface area contributed by atoms with Crippen LogP contribution in [0.2, 0.25) is 0 Å². The number of nitrogens with zero attached hydrogens (tertiary/aromatic N) is 3. The topological polar surface area (TPSA) is 106 Å². The van der Waals surface area contributed by atoms with E-state index < -0.39 is 0 Å². The number of hydrogen-bond acceptors (Lipinski definition) is 2. The van der Waals surface area contributed by atoms with Gasteiger partial charge in [0.1, 0.15) is 0 Å². The van der Waals surface area contributed by atoms with Gasteiger partial charge in [0.25, 0.3) is 0 Å². The minimum atomic E-state index is -0.0349. The molecule has 90 valence electrons. The Bertz CT molecular complexity index is 302. The maximum atomic E-state index is 5.55. The summed E-state index contributed by atoms with van der Waals surface area (Å²) in [7, 11) is 0. The molecule has 0 spiro atoms. The summed E-state index contributed by atoms with van der Waals surface area (Å²) in [5, 5.41) is 0. The number of hydrogen-bond donors (Lipinski definition) is 3. The molecule has 1 heterocycles. The molecule has 0 bridgehead atoms. The molecule has 0 radical (unpaired) electrons. The molecular weight excluding hydrogens is 204 g/mol. The zero-order chi connectivity index (χ0) is 11.5. The van der Waals surface area contributed by atoms with Crippen LogP contribution in [0.15, 0.2) is 9.98 Å². The fraction of sp³-hybridized carbons (Fsp3) is 0.800. The second-order valence-corrected chi connectivity index (χ2v) is 4.62. The molecule has 6 nitrogen and oxygen atoms in total. The van der Waals surface area contributed by atoms with Gasteiger partial charge in [-0.05, 0) is 31.7 Å². The normalized spacial score (nSPS) is 27.0. The van der Waals surface area contributed by atoms with Crippen LogP contribution < -0.4 is 17.2 Å². The number of guanidine groups is 2. The van der Waals surface area contributed by atoms with E-state index in [1.807, 2.05) is 0 Å². The Hall–Kier alpha value is -1.30. The summed E-state index contributed by atoms with van der Waals surface area (Å²) < 4.78 is 0. The number of nitrogens with two attached hydrogens (primary N) is 3. The SMILES string of the molecule is NC(N)=NC(N)=NCC1CCN(C2CC2)C1. The monoisotopic (exact) mass is 224 g/mol. The van der Waals surface area contributed by atoms with Crippen molar-refractivity contribution in [3.63, 3.8) is 0 Å². The Kier molecular flexibility index (Phi) is 3.28. The van der Waals surface area contributed by atoms with E-state index in [2.05, 4.69) is 14.9 Å². The van der Waals surface area contributed by atoms with Crippen molar-refractivity contribution in [3.8, 4) is 0 Å². The van der Waals surface area contributed by atoms with Gasteiger partial charge in [0.05, 0.1) is 0 Å². The van der Waals surface area contributed by atoms with Crippen LogP contribution in [0.25, 0.3) is 0 Å². The summed E-state index contributed by atoms with van der Waals surface area (Å²) in [6, 6.07) is 0.851. The highest BCUT2D eigenvalue weighted by Gasteiger charge is 2.34. The summed E-state index contributed by atoms with van der Waals surface area (Å²) in [5.41, 5.74) is 16.0. The number of aliphatic imine (C=N–C) groups is 2. The van der Waals surface area contributed by atoms with E-state index >= 15 is 0 Å². The van der Waals surface area contributed by atoms with E-state index in [1.165, 1.54) is 25.8 Å². The third kappa shape index (κ3) is 3.10. The first-order valence-electron chi connectivity index (χ1n) is 5.78. The van der Waals surface area contributed by atoms with Gasteiger partial charge in [-0.25, -0.2) is 0 Å². The molecule has 1 atom stereocenters. The highest BCUT2D eigenvalue weighted by Crippen LogP contribution is 2.31. The maximum Gasteiger partial charge on any atom is 0.218 e.